The zero-order valence-corrected chi connectivity index (χ0v) is 12.8. The number of thioether (sulfide) groups is 1. The van der Waals surface area contributed by atoms with Crippen molar-refractivity contribution >= 4 is 29.1 Å². The van der Waals surface area contributed by atoms with E-state index in [4.69, 9.17) is 4.74 Å². The minimum atomic E-state index is -0.400. The SMILES string of the molecule is CCOC(=O)c1nc(CSc2ccccc2F)sc1C. The van der Waals surface area contributed by atoms with Gasteiger partial charge in [0.25, 0.3) is 0 Å². The Kier molecular flexibility index (Phi) is 5.14. The van der Waals surface area contributed by atoms with Crippen LogP contribution in [-0.4, -0.2) is 17.6 Å². The molecule has 0 amide bonds. The van der Waals surface area contributed by atoms with Gasteiger partial charge < -0.3 is 4.74 Å². The number of esters is 1. The topological polar surface area (TPSA) is 39.2 Å². The Morgan fingerprint density at radius 1 is 1.45 bits per heavy atom. The number of carbonyl (C=O) groups excluding carboxylic acids is 1. The molecule has 0 unspecified atom stereocenters. The Morgan fingerprint density at radius 2 is 2.20 bits per heavy atom. The summed E-state index contributed by atoms with van der Waals surface area (Å²) in [6, 6.07) is 6.61. The summed E-state index contributed by atoms with van der Waals surface area (Å²) in [5, 5.41) is 0.791. The second-order valence-corrected chi connectivity index (χ2v) is 6.26. The summed E-state index contributed by atoms with van der Waals surface area (Å²) in [4.78, 5) is 17.3. The Hall–Kier alpha value is -1.40. The molecule has 106 valence electrons. The lowest BCUT2D eigenvalue weighted by Gasteiger charge is -2.00. The number of nitrogens with zero attached hydrogens (tertiary/aromatic N) is 1. The zero-order valence-electron chi connectivity index (χ0n) is 11.2. The van der Waals surface area contributed by atoms with E-state index >= 15 is 0 Å². The van der Waals surface area contributed by atoms with Crippen LogP contribution < -0.4 is 0 Å². The minimum absolute atomic E-state index is 0.239. The fourth-order valence-electron chi connectivity index (χ4n) is 1.60. The fraction of sp³-hybridized carbons (Fsp3) is 0.286. The van der Waals surface area contributed by atoms with Crippen LogP contribution in [0.2, 0.25) is 0 Å². The van der Waals surface area contributed by atoms with Gasteiger partial charge in [-0.05, 0) is 26.0 Å². The van der Waals surface area contributed by atoms with Crippen LogP contribution in [0.15, 0.2) is 29.2 Å². The van der Waals surface area contributed by atoms with Crippen LogP contribution in [-0.2, 0) is 10.5 Å². The van der Waals surface area contributed by atoms with Crippen molar-refractivity contribution in [1.82, 2.24) is 4.98 Å². The molecule has 1 heterocycles. The largest absolute Gasteiger partial charge is 0.461 e. The maximum absolute atomic E-state index is 13.5. The van der Waals surface area contributed by atoms with Crippen LogP contribution in [0.1, 0.15) is 27.3 Å². The van der Waals surface area contributed by atoms with Gasteiger partial charge in [-0.25, -0.2) is 14.2 Å². The van der Waals surface area contributed by atoms with E-state index in [-0.39, 0.29) is 5.82 Å². The number of ether oxygens (including phenoxy) is 1. The van der Waals surface area contributed by atoms with E-state index in [9.17, 15) is 9.18 Å². The highest BCUT2D eigenvalue weighted by atomic mass is 32.2. The third-order valence-corrected chi connectivity index (χ3v) is 4.71. The molecular formula is C14H14FNO2S2. The fourth-order valence-corrected chi connectivity index (χ4v) is 3.46. The summed E-state index contributed by atoms with van der Waals surface area (Å²) in [5.41, 5.74) is 0.362. The van der Waals surface area contributed by atoms with Crippen molar-refractivity contribution in [1.29, 1.82) is 0 Å². The van der Waals surface area contributed by atoms with Crippen LogP contribution in [0.25, 0.3) is 0 Å². The molecule has 20 heavy (non-hydrogen) atoms. The molecule has 3 nitrogen and oxygen atoms in total. The minimum Gasteiger partial charge on any atom is -0.461 e. The summed E-state index contributed by atoms with van der Waals surface area (Å²) < 4.78 is 18.4. The van der Waals surface area contributed by atoms with Crippen LogP contribution >= 0.6 is 23.1 Å². The molecular weight excluding hydrogens is 297 g/mol. The molecule has 1 aromatic heterocycles. The monoisotopic (exact) mass is 311 g/mol. The second-order valence-electron chi connectivity index (χ2n) is 3.95. The van der Waals surface area contributed by atoms with Crippen molar-refractivity contribution in [2.24, 2.45) is 0 Å². The Labute approximate surface area is 125 Å². The van der Waals surface area contributed by atoms with E-state index < -0.39 is 5.97 Å². The summed E-state index contributed by atoms with van der Waals surface area (Å²) >= 11 is 2.81. The number of rotatable bonds is 5. The molecule has 0 aliphatic heterocycles. The van der Waals surface area contributed by atoms with Gasteiger partial charge in [-0.1, -0.05) is 12.1 Å². The summed E-state index contributed by atoms with van der Waals surface area (Å²) in [5.74, 6) is -0.106. The maximum atomic E-state index is 13.5. The van der Waals surface area contributed by atoms with Gasteiger partial charge in [0, 0.05) is 9.77 Å². The molecule has 0 saturated heterocycles. The van der Waals surface area contributed by atoms with Crippen molar-refractivity contribution < 1.29 is 13.9 Å². The lowest BCUT2D eigenvalue weighted by atomic mass is 10.3. The Bertz CT molecular complexity index is 613. The highest BCUT2D eigenvalue weighted by Gasteiger charge is 2.16. The van der Waals surface area contributed by atoms with Gasteiger partial charge in [0.05, 0.1) is 12.4 Å². The molecule has 0 aliphatic carbocycles. The number of hydrogen-bond acceptors (Lipinski definition) is 5. The highest BCUT2D eigenvalue weighted by Crippen LogP contribution is 2.28. The lowest BCUT2D eigenvalue weighted by molar-refractivity contribution is 0.0519. The third-order valence-electron chi connectivity index (χ3n) is 2.50. The third kappa shape index (κ3) is 3.58. The lowest BCUT2D eigenvalue weighted by Crippen LogP contribution is -2.06. The molecule has 1 aromatic carbocycles. The van der Waals surface area contributed by atoms with E-state index in [1.54, 1.807) is 25.1 Å². The van der Waals surface area contributed by atoms with Crippen LogP contribution in [0.4, 0.5) is 4.39 Å². The number of aromatic nitrogens is 1. The normalized spacial score (nSPS) is 10.6. The molecule has 0 fully saturated rings. The predicted molar refractivity (Wildman–Crippen MR) is 78.8 cm³/mol. The van der Waals surface area contributed by atoms with E-state index in [1.807, 2.05) is 6.92 Å². The molecule has 6 heteroatoms. The molecule has 2 aromatic rings. The summed E-state index contributed by atoms with van der Waals surface area (Å²) in [6.45, 7) is 3.92. The van der Waals surface area contributed by atoms with E-state index in [0.717, 1.165) is 9.88 Å². The Morgan fingerprint density at radius 3 is 2.90 bits per heavy atom. The van der Waals surface area contributed by atoms with Crippen LogP contribution in [0.5, 0.6) is 0 Å². The van der Waals surface area contributed by atoms with Gasteiger partial charge in [0.1, 0.15) is 10.8 Å². The van der Waals surface area contributed by atoms with Gasteiger partial charge in [-0.2, -0.15) is 0 Å². The first-order chi connectivity index (χ1) is 9.61. The number of aryl methyl sites for hydroxylation is 1. The molecule has 2 rings (SSSR count). The quantitative estimate of drug-likeness (QED) is 0.616. The molecule has 0 bridgehead atoms. The number of halogens is 1. The summed E-state index contributed by atoms with van der Waals surface area (Å²) in [7, 11) is 0. The van der Waals surface area contributed by atoms with E-state index in [0.29, 0.717) is 22.9 Å². The van der Waals surface area contributed by atoms with Gasteiger partial charge in [-0.3, -0.25) is 0 Å². The summed E-state index contributed by atoms with van der Waals surface area (Å²) in [6.07, 6.45) is 0. The predicted octanol–water partition coefficient (Wildman–Crippen LogP) is 4.06. The maximum Gasteiger partial charge on any atom is 0.358 e. The average molecular weight is 311 g/mol. The molecule has 0 spiro atoms. The van der Waals surface area contributed by atoms with E-state index in [1.165, 1.54) is 29.2 Å². The van der Waals surface area contributed by atoms with Gasteiger partial charge >= 0.3 is 5.97 Å². The van der Waals surface area contributed by atoms with Crippen LogP contribution in [0.3, 0.4) is 0 Å². The molecule has 0 aliphatic rings. The molecule has 0 radical (unpaired) electrons. The average Bonchev–Trinajstić information content (AvgIpc) is 2.79. The first-order valence-electron chi connectivity index (χ1n) is 6.12. The van der Waals surface area contributed by atoms with Gasteiger partial charge in [0.15, 0.2) is 5.69 Å². The first kappa shape index (κ1) is 15.0. The number of benzene rings is 1. The van der Waals surface area contributed by atoms with Crippen molar-refractivity contribution in [3.63, 3.8) is 0 Å². The number of hydrogen-bond donors (Lipinski definition) is 0. The molecule has 0 atom stereocenters. The number of carbonyl (C=O) groups is 1. The van der Waals surface area contributed by atoms with Crippen molar-refractivity contribution in [2.45, 2.75) is 24.5 Å². The zero-order chi connectivity index (χ0) is 14.5. The van der Waals surface area contributed by atoms with Crippen LogP contribution in [0, 0.1) is 12.7 Å². The van der Waals surface area contributed by atoms with Crippen molar-refractivity contribution in [3.05, 3.63) is 45.7 Å². The number of thiazole rings is 1. The molecule has 0 N–H and O–H groups in total. The second kappa shape index (κ2) is 6.85. The first-order valence-corrected chi connectivity index (χ1v) is 7.92. The van der Waals surface area contributed by atoms with E-state index in [2.05, 4.69) is 4.98 Å². The smallest absolute Gasteiger partial charge is 0.358 e. The Balaban J connectivity index is 2.06. The highest BCUT2D eigenvalue weighted by molar-refractivity contribution is 7.98. The molecule has 0 saturated carbocycles. The van der Waals surface area contributed by atoms with Gasteiger partial charge in [0.2, 0.25) is 0 Å². The van der Waals surface area contributed by atoms with Crippen molar-refractivity contribution in [2.75, 3.05) is 6.61 Å². The van der Waals surface area contributed by atoms with Crippen molar-refractivity contribution in [3.8, 4) is 0 Å². The standard InChI is InChI=1S/C14H14FNO2S2/c1-3-18-14(17)13-9(2)20-12(16-13)8-19-11-7-5-4-6-10(11)15/h4-7H,3,8H2,1-2H3. The van der Waals surface area contributed by atoms with Gasteiger partial charge in [-0.15, -0.1) is 23.1 Å².